The molecule has 0 aromatic heterocycles. The molecule has 41 heavy (non-hydrogen) atoms. The van der Waals surface area contributed by atoms with Gasteiger partial charge in [-0.3, -0.25) is 0 Å². The summed E-state index contributed by atoms with van der Waals surface area (Å²) in [6.07, 6.45) is 44.7. The Morgan fingerprint density at radius 1 is 0.268 bits per heavy atom. The zero-order valence-electron chi connectivity index (χ0n) is 29.3. The van der Waals surface area contributed by atoms with E-state index in [-0.39, 0.29) is 0 Å². The molecule has 0 fully saturated rings. The van der Waals surface area contributed by atoms with E-state index in [2.05, 4.69) is 31.4 Å². The van der Waals surface area contributed by atoms with Crippen molar-refractivity contribution in [3.05, 3.63) is 0 Å². The monoisotopic (exact) mass is 579 g/mol. The molecule has 0 saturated carbocycles. The van der Waals surface area contributed by atoms with Crippen LogP contribution in [-0.2, 0) is 0 Å². The first kappa shape index (κ1) is 40.9. The third-order valence-corrected chi connectivity index (χ3v) is 9.31. The maximum atomic E-state index is 3.76. The lowest BCUT2D eigenvalue weighted by Gasteiger charge is -2.17. The molecule has 0 bridgehead atoms. The summed E-state index contributed by atoms with van der Waals surface area (Å²) in [5.41, 5.74) is 0. The molecule has 0 aliphatic heterocycles. The van der Waals surface area contributed by atoms with Crippen LogP contribution in [0.15, 0.2) is 0 Å². The third kappa shape index (κ3) is 36.0. The van der Waals surface area contributed by atoms with Crippen LogP contribution in [0.2, 0.25) is 0 Å². The van der Waals surface area contributed by atoms with Crippen molar-refractivity contribution < 1.29 is 0 Å². The third-order valence-electron chi connectivity index (χ3n) is 9.31. The fourth-order valence-corrected chi connectivity index (χ4v) is 6.37. The smallest absolute Gasteiger partial charge is 0.00488 e. The molecule has 0 saturated heterocycles. The lowest BCUT2D eigenvalue weighted by molar-refractivity contribution is 0.368. The van der Waals surface area contributed by atoms with Crippen LogP contribution in [0.1, 0.15) is 220 Å². The van der Waals surface area contributed by atoms with Gasteiger partial charge in [0.1, 0.15) is 0 Å². The van der Waals surface area contributed by atoms with Gasteiger partial charge in [0.05, 0.1) is 0 Å². The van der Waals surface area contributed by atoms with Gasteiger partial charge in [0.25, 0.3) is 0 Å². The molecule has 0 aliphatic rings. The highest BCUT2D eigenvalue weighted by Crippen LogP contribution is 2.23. The lowest BCUT2D eigenvalue weighted by atomic mass is 9.90. The fraction of sp³-hybridized carbons (Fsp3) is 1.00. The van der Waals surface area contributed by atoms with E-state index in [1.54, 1.807) is 0 Å². The Morgan fingerprint density at radius 3 is 0.927 bits per heavy atom. The van der Waals surface area contributed by atoms with Crippen LogP contribution in [0.25, 0.3) is 0 Å². The van der Waals surface area contributed by atoms with E-state index in [9.17, 15) is 0 Å². The number of rotatable bonds is 37. The van der Waals surface area contributed by atoms with E-state index >= 15 is 0 Å². The molecule has 2 N–H and O–H groups in total. The molecule has 0 spiro atoms. The minimum absolute atomic E-state index is 0.989. The van der Waals surface area contributed by atoms with Crippen molar-refractivity contribution in [3.63, 3.8) is 0 Å². The average molecular weight is 579 g/mol. The van der Waals surface area contributed by atoms with Crippen LogP contribution in [0.3, 0.4) is 0 Å². The number of nitrogens with one attached hydrogen (secondary N) is 2. The van der Waals surface area contributed by atoms with Crippen molar-refractivity contribution in [2.75, 3.05) is 26.2 Å². The summed E-state index contributed by atoms with van der Waals surface area (Å²) >= 11 is 0. The molecule has 2 heteroatoms. The Labute approximate surface area is 262 Å². The van der Waals surface area contributed by atoms with Gasteiger partial charge in [0.15, 0.2) is 0 Å². The summed E-state index contributed by atoms with van der Waals surface area (Å²) in [4.78, 5) is 0. The largest absolute Gasteiger partial charge is 0.317 e. The Kier molecular flexibility index (Phi) is 37.9. The Bertz CT molecular complexity index is 411. The minimum Gasteiger partial charge on any atom is -0.317 e. The van der Waals surface area contributed by atoms with Gasteiger partial charge in [0, 0.05) is 0 Å². The predicted molar refractivity (Wildman–Crippen MR) is 189 cm³/mol. The van der Waals surface area contributed by atoms with Gasteiger partial charge in [-0.15, -0.1) is 0 Å². The predicted octanol–water partition coefficient (Wildman–Crippen LogP) is 12.9. The SMILES string of the molecule is CCCCCCCCCCCCCC(CCCCCCCCCCCCC)CCCNCCCCCNCCCC. The zero-order chi connectivity index (χ0) is 29.7. The molecule has 248 valence electrons. The summed E-state index contributed by atoms with van der Waals surface area (Å²) < 4.78 is 0. The van der Waals surface area contributed by atoms with E-state index in [0.717, 1.165) is 5.92 Å². The molecule has 0 atom stereocenters. The summed E-state index contributed by atoms with van der Waals surface area (Å²) in [6, 6.07) is 0. The molecular weight excluding hydrogens is 496 g/mol. The first-order valence-electron chi connectivity index (χ1n) is 19.8. The van der Waals surface area contributed by atoms with Crippen molar-refractivity contribution in [2.24, 2.45) is 5.92 Å². The van der Waals surface area contributed by atoms with E-state index < -0.39 is 0 Å². The molecule has 0 radical (unpaired) electrons. The average Bonchev–Trinajstić information content (AvgIpc) is 2.98. The topological polar surface area (TPSA) is 24.1 Å². The van der Waals surface area contributed by atoms with Crippen LogP contribution in [0.4, 0.5) is 0 Å². The van der Waals surface area contributed by atoms with Crippen LogP contribution in [-0.4, -0.2) is 26.2 Å². The molecular formula is C39H82N2. The first-order chi connectivity index (χ1) is 20.3. The number of hydrogen-bond acceptors (Lipinski definition) is 2. The first-order valence-corrected chi connectivity index (χ1v) is 19.8. The van der Waals surface area contributed by atoms with Crippen molar-refractivity contribution in [3.8, 4) is 0 Å². The molecule has 0 amide bonds. The maximum Gasteiger partial charge on any atom is -0.00488 e. The van der Waals surface area contributed by atoms with E-state index in [1.165, 1.54) is 225 Å². The van der Waals surface area contributed by atoms with Crippen LogP contribution >= 0.6 is 0 Å². The number of hydrogen-bond donors (Lipinski definition) is 2. The van der Waals surface area contributed by atoms with Crippen molar-refractivity contribution in [1.29, 1.82) is 0 Å². The Hall–Kier alpha value is -0.0800. The Morgan fingerprint density at radius 2 is 0.537 bits per heavy atom. The molecule has 0 rings (SSSR count). The molecule has 0 heterocycles. The zero-order valence-corrected chi connectivity index (χ0v) is 29.3. The molecule has 0 aliphatic carbocycles. The van der Waals surface area contributed by atoms with Gasteiger partial charge in [-0.1, -0.05) is 188 Å². The summed E-state index contributed by atoms with van der Waals surface area (Å²) in [7, 11) is 0. The highest BCUT2D eigenvalue weighted by molar-refractivity contribution is 4.63. The van der Waals surface area contributed by atoms with Gasteiger partial charge in [-0.25, -0.2) is 0 Å². The van der Waals surface area contributed by atoms with Crippen LogP contribution < -0.4 is 10.6 Å². The van der Waals surface area contributed by atoms with Gasteiger partial charge >= 0.3 is 0 Å². The van der Waals surface area contributed by atoms with Crippen molar-refractivity contribution in [2.45, 2.75) is 220 Å². The van der Waals surface area contributed by atoms with Gasteiger partial charge in [-0.05, 0) is 64.2 Å². The number of unbranched alkanes of at least 4 members (excludes halogenated alkanes) is 23. The van der Waals surface area contributed by atoms with Gasteiger partial charge < -0.3 is 10.6 Å². The molecule has 2 nitrogen and oxygen atoms in total. The minimum atomic E-state index is 0.989. The van der Waals surface area contributed by atoms with E-state index in [0.29, 0.717) is 0 Å². The lowest BCUT2D eigenvalue weighted by Crippen LogP contribution is -2.19. The second-order valence-corrected chi connectivity index (χ2v) is 13.6. The van der Waals surface area contributed by atoms with Crippen molar-refractivity contribution >= 4 is 0 Å². The maximum absolute atomic E-state index is 3.76. The van der Waals surface area contributed by atoms with Crippen LogP contribution in [0.5, 0.6) is 0 Å². The van der Waals surface area contributed by atoms with Gasteiger partial charge in [0.2, 0.25) is 0 Å². The Balaban J connectivity index is 3.89. The highest BCUT2D eigenvalue weighted by Gasteiger charge is 2.09. The second kappa shape index (κ2) is 37.9. The van der Waals surface area contributed by atoms with E-state index in [4.69, 9.17) is 0 Å². The molecule has 0 aromatic carbocycles. The second-order valence-electron chi connectivity index (χ2n) is 13.6. The van der Waals surface area contributed by atoms with Gasteiger partial charge in [-0.2, -0.15) is 0 Å². The summed E-state index contributed by atoms with van der Waals surface area (Å²) in [5, 5.41) is 7.33. The van der Waals surface area contributed by atoms with E-state index in [1.807, 2.05) is 0 Å². The standard InChI is InChI=1S/C39H82N2/c1-4-7-10-12-14-16-18-20-22-24-27-32-39(33-28-25-23-21-19-17-15-13-11-8-5-2)34-31-38-41-37-30-26-29-36-40-35-9-6-3/h39-41H,4-38H2,1-3H3. The van der Waals surface area contributed by atoms with Crippen molar-refractivity contribution in [1.82, 2.24) is 10.6 Å². The highest BCUT2D eigenvalue weighted by atomic mass is 14.8. The fourth-order valence-electron chi connectivity index (χ4n) is 6.37. The summed E-state index contributed by atoms with van der Waals surface area (Å²) in [6.45, 7) is 11.8. The molecule has 0 unspecified atom stereocenters. The molecule has 0 aromatic rings. The normalized spacial score (nSPS) is 11.7. The quantitative estimate of drug-likeness (QED) is 0.0716. The summed E-state index contributed by atoms with van der Waals surface area (Å²) in [5.74, 6) is 0.989. The van der Waals surface area contributed by atoms with Crippen LogP contribution in [0, 0.1) is 5.92 Å².